The van der Waals surface area contributed by atoms with Gasteiger partial charge in [0.25, 0.3) is 4.84 Å². The van der Waals surface area contributed by atoms with E-state index < -0.39 is 11.7 Å². The Hall–Kier alpha value is -2.61. The molecular formula is C21H28F3N3OS. The third-order valence-electron chi connectivity index (χ3n) is 3.09. The molecule has 0 unspecified atom stereocenters. The Kier molecular flexibility index (Phi) is 12.3. The second kappa shape index (κ2) is 13.5. The van der Waals surface area contributed by atoms with Gasteiger partial charge in [0.2, 0.25) is 5.89 Å². The molecule has 0 bridgehead atoms. The van der Waals surface area contributed by atoms with Crippen molar-refractivity contribution in [2.75, 3.05) is 5.32 Å². The lowest BCUT2D eigenvalue weighted by atomic mass is 10.1. The SMILES string of the molecule is CC.CC.CC.FC(F)(F)c1ccc(Nc2ccccc2-c2n[nH]c(=S)o2)cc1. The predicted octanol–water partition coefficient (Wildman–Crippen LogP) is 8.24. The quantitative estimate of drug-likeness (QED) is 0.413. The minimum atomic E-state index is -4.36. The van der Waals surface area contributed by atoms with E-state index in [0.717, 1.165) is 12.1 Å². The Morgan fingerprint density at radius 3 is 1.93 bits per heavy atom. The first-order valence-corrected chi connectivity index (χ1v) is 9.93. The first-order valence-electron chi connectivity index (χ1n) is 9.53. The van der Waals surface area contributed by atoms with E-state index in [0.29, 0.717) is 22.8 Å². The van der Waals surface area contributed by atoms with Crippen molar-refractivity contribution in [1.29, 1.82) is 0 Å². The van der Waals surface area contributed by atoms with Crippen LogP contribution in [0.1, 0.15) is 47.1 Å². The van der Waals surface area contributed by atoms with Gasteiger partial charge in [0.15, 0.2) is 0 Å². The topological polar surface area (TPSA) is 53.9 Å². The lowest BCUT2D eigenvalue weighted by Gasteiger charge is -2.11. The summed E-state index contributed by atoms with van der Waals surface area (Å²) in [6, 6.07) is 11.9. The zero-order chi connectivity index (χ0) is 22.4. The molecule has 160 valence electrons. The molecule has 1 aromatic heterocycles. The molecule has 0 aliphatic carbocycles. The van der Waals surface area contributed by atoms with Gasteiger partial charge in [0, 0.05) is 5.69 Å². The van der Waals surface area contributed by atoms with Gasteiger partial charge in [0.05, 0.1) is 16.8 Å². The first kappa shape index (κ1) is 26.4. The molecule has 0 atom stereocenters. The highest BCUT2D eigenvalue weighted by Gasteiger charge is 2.29. The lowest BCUT2D eigenvalue weighted by Crippen LogP contribution is -2.04. The van der Waals surface area contributed by atoms with E-state index in [1.807, 2.05) is 41.5 Å². The van der Waals surface area contributed by atoms with Gasteiger partial charge in [-0.25, -0.2) is 5.10 Å². The zero-order valence-corrected chi connectivity index (χ0v) is 18.3. The molecule has 3 rings (SSSR count). The molecule has 2 aromatic carbocycles. The van der Waals surface area contributed by atoms with Crippen molar-refractivity contribution in [3.63, 3.8) is 0 Å². The van der Waals surface area contributed by atoms with Gasteiger partial charge in [0.1, 0.15) is 0 Å². The van der Waals surface area contributed by atoms with E-state index in [1.165, 1.54) is 12.1 Å². The minimum Gasteiger partial charge on any atom is -0.409 e. The summed E-state index contributed by atoms with van der Waals surface area (Å²) in [6.07, 6.45) is -4.36. The number of anilines is 2. The first-order chi connectivity index (χ1) is 13.9. The van der Waals surface area contributed by atoms with Gasteiger partial charge < -0.3 is 9.73 Å². The van der Waals surface area contributed by atoms with Gasteiger partial charge >= 0.3 is 6.18 Å². The fraction of sp³-hybridized carbons (Fsp3) is 0.333. The molecule has 2 N–H and O–H groups in total. The third kappa shape index (κ3) is 8.11. The molecule has 0 spiro atoms. The summed E-state index contributed by atoms with van der Waals surface area (Å²) in [5, 5.41) is 9.52. The number of rotatable bonds is 3. The Balaban J connectivity index is 0.00000120. The number of alkyl halides is 3. The number of aromatic amines is 1. The fourth-order valence-corrected chi connectivity index (χ4v) is 2.15. The summed E-state index contributed by atoms with van der Waals surface area (Å²) in [5.41, 5.74) is 1.09. The van der Waals surface area contributed by atoms with Crippen LogP contribution in [0.5, 0.6) is 0 Å². The minimum absolute atomic E-state index is 0.143. The number of halogens is 3. The van der Waals surface area contributed by atoms with Crippen LogP contribution in [0.3, 0.4) is 0 Å². The number of H-pyrrole nitrogens is 1. The van der Waals surface area contributed by atoms with E-state index >= 15 is 0 Å². The van der Waals surface area contributed by atoms with Gasteiger partial charge in [-0.3, -0.25) is 0 Å². The molecule has 0 saturated heterocycles. The van der Waals surface area contributed by atoms with Crippen LogP contribution in [-0.2, 0) is 6.18 Å². The summed E-state index contributed by atoms with van der Waals surface area (Å²) in [4.78, 5) is 0.143. The number of aromatic nitrogens is 2. The average molecular weight is 428 g/mol. The smallest absolute Gasteiger partial charge is 0.409 e. The largest absolute Gasteiger partial charge is 0.416 e. The Morgan fingerprint density at radius 2 is 1.45 bits per heavy atom. The predicted molar refractivity (Wildman–Crippen MR) is 116 cm³/mol. The maximum absolute atomic E-state index is 12.6. The van der Waals surface area contributed by atoms with Crippen LogP contribution in [0, 0.1) is 4.84 Å². The summed E-state index contributed by atoms with van der Waals surface area (Å²) in [6.45, 7) is 12.0. The standard InChI is InChI=1S/C15H10F3N3OS.3C2H6/c16-15(17,18)9-5-7-10(8-6-9)19-12-4-2-1-3-11(12)13-20-21-14(23)22-13;3*1-2/h1-8,19H,(H,21,23);3*1-2H3. The molecule has 29 heavy (non-hydrogen) atoms. The van der Waals surface area contributed by atoms with Gasteiger partial charge in [-0.15, -0.1) is 5.10 Å². The van der Waals surface area contributed by atoms with E-state index in [2.05, 4.69) is 15.5 Å². The van der Waals surface area contributed by atoms with Gasteiger partial charge in [-0.2, -0.15) is 13.2 Å². The highest BCUT2D eigenvalue weighted by Crippen LogP contribution is 2.32. The monoisotopic (exact) mass is 427 g/mol. The van der Waals surface area contributed by atoms with E-state index in [4.69, 9.17) is 16.6 Å². The summed E-state index contributed by atoms with van der Waals surface area (Å²) in [5.74, 6) is 0.296. The number of nitrogens with one attached hydrogen (secondary N) is 2. The van der Waals surface area contributed by atoms with Crippen LogP contribution in [0.25, 0.3) is 11.5 Å². The van der Waals surface area contributed by atoms with Crippen LogP contribution in [-0.4, -0.2) is 10.2 Å². The van der Waals surface area contributed by atoms with Crippen molar-refractivity contribution in [2.45, 2.75) is 47.7 Å². The molecule has 0 fully saturated rings. The van der Waals surface area contributed by atoms with Crippen LogP contribution in [0.2, 0.25) is 0 Å². The normalized spacial score (nSPS) is 9.69. The number of para-hydroxylation sites is 1. The highest BCUT2D eigenvalue weighted by molar-refractivity contribution is 7.71. The molecule has 3 aromatic rings. The van der Waals surface area contributed by atoms with Crippen molar-refractivity contribution in [3.05, 3.63) is 58.9 Å². The third-order valence-corrected chi connectivity index (χ3v) is 3.26. The number of hydrogen-bond acceptors (Lipinski definition) is 4. The second-order valence-electron chi connectivity index (χ2n) is 4.66. The average Bonchev–Trinajstić information content (AvgIpc) is 3.19. The summed E-state index contributed by atoms with van der Waals surface area (Å²) in [7, 11) is 0. The molecule has 0 aliphatic rings. The lowest BCUT2D eigenvalue weighted by molar-refractivity contribution is -0.137. The molecule has 4 nitrogen and oxygen atoms in total. The van der Waals surface area contributed by atoms with E-state index in [1.54, 1.807) is 24.3 Å². The van der Waals surface area contributed by atoms with Crippen LogP contribution in [0.15, 0.2) is 52.9 Å². The fourth-order valence-electron chi connectivity index (χ4n) is 2.02. The van der Waals surface area contributed by atoms with E-state index in [-0.39, 0.29) is 4.84 Å². The van der Waals surface area contributed by atoms with Crippen LogP contribution in [0.4, 0.5) is 24.5 Å². The maximum atomic E-state index is 12.6. The Bertz CT molecular complexity index is 872. The van der Waals surface area contributed by atoms with Crippen molar-refractivity contribution >= 4 is 23.6 Å². The molecule has 1 heterocycles. The molecule has 0 radical (unpaired) electrons. The van der Waals surface area contributed by atoms with Crippen LogP contribution < -0.4 is 5.32 Å². The molecule has 0 amide bonds. The number of nitrogens with zero attached hydrogens (tertiary/aromatic N) is 1. The van der Waals surface area contributed by atoms with Crippen molar-refractivity contribution in [1.82, 2.24) is 10.2 Å². The van der Waals surface area contributed by atoms with E-state index in [9.17, 15) is 13.2 Å². The van der Waals surface area contributed by atoms with Crippen LogP contribution >= 0.6 is 12.2 Å². The van der Waals surface area contributed by atoms with Crippen molar-refractivity contribution in [2.24, 2.45) is 0 Å². The summed E-state index contributed by atoms with van der Waals surface area (Å²) >= 11 is 4.84. The van der Waals surface area contributed by atoms with Gasteiger partial charge in [-0.1, -0.05) is 53.7 Å². The number of hydrogen-bond donors (Lipinski definition) is 2. The highest BCUT2D eigenvalue weighted by atomic mass is 32.1. The summed E-state index contributed by atoms with van der Waals surface area (Å²) < 4.78 is 43.0. The molecule has 0 aliphatic heterocycles. The molecule has 0 saturated carbocycles. The maximum Gasteiger partial charge on any atom is 0.416 e. The molecular weight excluding hydrogens is 399 g/mol. The number of benzene rings is 2. The Labute approximate surface area is 175 Å². The second-order valence-corrected chi connectivity index (χ2v) is 5.03. The van der Waals surface area contributed by atoms with Gasteiger partial charge in [-0.05, 0) is 48.6 Å². The molecule has 8 heteroatoms. The van der Waals surface area contributed by atoms with Crippen molar-refractivity contribution < 1.29 is 17.6 Å². The zero-order valence-electron chi connectivity index (χ0n) is 17.5. The Morgan fingerprint density at radius 1 is 0.897 bits per heavy atom. The van der Waals surface area contributed by atoms with Crippen molar-refractivity contribution in [3.8, 4) is 11.5 Å².